The Labute approximate surface area is 166 Å². The third-order valence-corrected chi connectivity index (χ3v) is 4.93. The molecule has 1 N–H and O–H groups in total. The molecule has 1 saturated heterocycles. The lowest BCUT2D eigenvalue weighted by atomic mass is 10.2. The molecule has 1 aliphatic rings. The van der Waals surface area contributed by atoms with Crippen molar-refractivity contribution in [2.45, 2.75) is 19.1 Å². The molecule has 0 unspecified atom stereocenters. The summed E-state index contributed by atoms with van der Waals surface area (Å²) in [6, 6.07) is 9.18. The number of likely N-dealkylation sites (tertiary alicyclic amines) is 1. The van der Waals surface area contributed by atoms with Gasteiger partial charge < -0.3 is 24.4 Å². The molecule has 144 valence electrons. The van der Waals surface area contributed by atoms with Crippen LogP contribution in [0.3, 0.4) is 0 Å². The van der Waals surface area contributed by atoms with E-state index in [0.717, 1.165) is 16.5 Å². The molecule has 8 heteroatoms. The molecule has 0 spiro atoms. The van der Waals surface area contributed by atoms with Gasteiger partial charge >= 0.3 is 6.03 Å². The Hall–Kier alpha value is -2.48. The van der Waals surface area contributed by atoms with Crippen LogP contribution in [-0.2, 0) is 6.54 Å². The fraction of sp³-hybridized carbons (Fsp3) is 0.368. The third kappa shape index (κ3) is 4.82. The predicted octanol–water partition coefficient (Wildman–Crippen LogP) is 3.22. The van der Waals surface area contributed by atoms with Gasteiger partial charge in [0, 0.05) is 25.7 Å². The Morgan fingerprint density at radius 1 is 1.30 bits per heavy atom. The molecule has 2 heterocycles. The van der Waals surface area contributed by atoms with Crippen LogP contribution in [0.25, 0.3) is 0 Å². The van der Waals surface area contributed by atoms with Crippen LogP contribution < -0.4 is 19.5 Å². The average Bonchev–Trinajstić information content (AvgIpc) is 3.16. The summed E-state index contributed by atoms with van der Waals surface area (Å²) >= 11 is 3.42. The van der Waals surface area contributed by atoms with Gasteiger partial charge in [-0.05, 0) is 45.8 Å². The Kier molecular flexibility index (Phi) is 6.39. The fourth-order valence-electron chi connectivity index (χ4n) is 2.90. The van der Waals surface area contributed by atoms with E-state index in [0.29, 0.717) is 37.0 Å². The second kappa shape index (κ2) is 8.94. The minimum atomic E-state index is -0.115. The number of ether oxygens (including phenoxy) is 3. The van der Waals surface area contributed by atoms with Crippen molar-refractivity contribution in [3.63, 3.8) is 0 Å². The van der Waals surface area contributed by atoms with Gasteiger partial charge in [0.15, 0.2) is 11.5 Å². The molecule has 0 radical (unpaired) electrons. The van der Waals surface area contributed by atoms with Crippen molar-refractivity contribution in [3.8, 4) is 17.4 Å². The van der Waals surface area contributed by atoms with E-state index in [1.54, 1.807) is 25.3 Å². The summed E-state index contributed by atoms with van der Waals surface area (Å²) in [7, 11) is 3.18. The lowest BCUT2D eigenvalue weighted by Gasteiger charge is -2.18. The monoisotopic (exact) mass is 435 g/mol. The van der Waals surface area contributed by atoms with Crippen LogP contribution in [0.5, 0.6) is 17.4 Å². The Morgan fingerprint density at radius 3 is 2.85 bits per heavy atom. The van der Waals surface area contributed by atoms with Gasteiger partial charge in [-0.2, -0.15) is 0 Å². The summed E-state index contributed by atoms with van der Waals surface area (Å²) in [6.07, 6.45) is 2.39. The van der Waals surface area contributed by atoms with Gasteiger partial charge in [0.25, 0.3) is 0 Å². The van der Waals surface area contributed by atoms with Crippen molar-refractivity contribution in [2.24, 2.45) is 0 Å². The van der Waals surface area contributed by atoms with Crippen LogP contribution in [0.2, 0.25) is 0 Å². The molecule has 1 aliphatic heterocycles. The van der Waals surface area contributed by atoms with Crippen LogP contribution in [0.1, 0.15) is 12.0 Å². The maximum Gasteiger partial charge on any atom is 0.317 e. The quantitative estimate of drug-likeness (QED) is 0.753. The van der Waals surface area contributed by atoms with Crippen molar-refractivity contribution in [1.82, 2.24) is 15.2 Å². The van der Waals surface area contributed by atoms with Crippen molar-refractivity contribution in [3.05, 3.63) is 46.6 Å². The van der Waals surface area contributed by atoms with Gasteiger partial charge in [0.1, 0.15) is 6.10 Å². The number of hydrogen-bond donors (Lipinski definition) is 1. The lowest BCUT2D eigenvalue weighted by molar-refractivity contribution is 0.182. The number of rotatable bonds is 6. The SMILES string of the molecule is COc1ccc(CNC(=O)N2CC[C@H](Oc3ncccc3Br)C2)cc1OC. The van der Waals surface area contributed by atoms with E-state index in [1.807, 2.05) is 30.3 Å². The minimum Gasteiger partial charge on any atom is -0.493 e. The molecule has 0 aliphatic carbocycles. The average molecular weight is 436 g/mol. The number of aromatic nitrogens is 1. The lowest BCUT2D eigenvalue weighted by Crippen LogP contribution is -2.39. The number of pyridine rings is 1. The van der Waals surface area contributed by atoms with E-state index >= 15 is 0 Å². The summed E-state index contributed by atoms with van der Waals surface area (Å²) in [6.45, 7) is 1.58. The van der Waals surface area contributed by atoms with Crippen LogP contribution in [-0.4, -0.2) is 49.3 Å². The minimum absolute atomic E-state index is 0.0666. The number of carbonyl (C=O) groups is 1. The molecule has 1 atom stereocenters. The maximum absolute atomic E-state index is 12.4. The number of halogens is 1. The van der Waals surface area contributed by atoms with Crippen LogP contribution in [0, 0.1) is 0 Å². The van der Waals surface area contributed by atoms with E-state index < -0.39 is 0 Å². The normalized spacial score (nSPS) is 16.1. The van der Waals surface area contributed by atoms with Crippen LogP contribution in [0.4, 0.5) is 4.79 Å². The number of nitrogens with one attached hydrogen (secondary N) is 1. The first-order chi connectivity index (χ1) is 13.1. The van der Waals surface area contributed by atoms with Gasteiger partial charge in [0.05, 0.1) is 25.2 Å². The molecule has 3 rings (SSSR count). The van der Waals surface area contributed by atoms with Gasteiger partial charge in [-0.3, -0.25) is 0 Å². The molecule has 2 aromatic rings. The van der Waals surface area contributed by atoms with E-state index in [4.69, 9.17) is 14.2 Å². The van der Waals surface area contributed by atoms with Gasteiger partial charge in [-0.25, -0.2) is 9.78 Å². The van der Waals surface area contributed by atoms with Gasteiger partial charge in [0.2, 0.25) is 5.88 Å². The molecule has 7 nitrogen and oxygen atoms in total. The van der Waals surface area contributed by atoms with Crippen LogP contribution in [0.15, 0.2) is 41.0 Å². The zero-order chi connectivity index (χ0) is 19.2. The van der Waals surface area contributed by atoms with Gasteiger partial charge in [-0.1, -0.05) is 6.07 Å². The van der Waals surface area contributed by atoms with E-state index in [-0.39, 0.29) is 12.1 Å². The van der Waals surface area contributed by atoms with Crippen molar-refractivity contribution in [1.29, 1.82) is 0 Å². The number of hydrogen-bond acceptors (Lipinski definition) is 5. The summed E-state index contributed by atoms with van der Waals surface area (Å²) in [5.41, 5.74) is 0.936. The molecule has 0 saturated carbocycles. The Morgan fingerprint density at radius 2 is 2.11 bits per heavy atom. The molecule has 0 bridgehead atoms. The first-order valence-corrected chi connectivity index (χ1v) is 9.41. The molecule has 1 aromatic heterocycles. The summed E-state index contributed by atoms with van der Waals surface area (Å²) < 4.78 is 17.2. The highest BCUT2D eigenvalue weighted by atomic mass is 79.9. The van der Waals surface area contributed by atoms with E-state index in [1.165, 1.54) is 0 Å². The van der Waals surface area contributed by atoms with E-state index in [2.05, 4.69) is 26.2 Å². The topological polar surface area (TPSA) is 72.9 Å². The second-order valence-electron chi connectivity index (χ2n) is 6.11. The molecule has 2 amide bonds. The summed E-state index contributed by atoms with van der Waals surface area (Å²) in [5, 5.41) is 2.94. The number of carbonyl (C=O) groups excluding carboxylic acids is 1. The number of benzene rings is 1. The fourth-order valence-corrected chi connectivity index (χ4v) is 3.25. The smallest absolute Gasteiger partial charge is 0.317 e. The highest BCUT2D eigenvalue weighted by Gasteiger charge is 2.28. The standard InChI is InChI=1S/C19H22BrN3O4/c1-25-16-6-5-13(10-17(16)26-2)11-22-19(24)23-9-7-14(12-23)27-18-15(20)4-3-8-21-18/h3-6,8,10,14H,7,9,11-12H2,1-2H3,(H,22,24)/t14-/m0/s1. The second-order valence-corrected chi connectivity index (χ2v) is 6.97. The van der Waals surface area contributed by atoms with Crippen LogP contribution >= 0.6 is 15.9 Å². The summed E-state index contributed by atoms with van der Waals surface area (Å²) in [5.74, 6) is 1.85. The largest absolute Gasteiger partial charge is 0.493 e. The number of nitrogens with zero attached hydrogens (tertiary/aromatic N) is 2. The summed E-state index contributed by atoms with van der Waals surface area (Å²) in [4.78, 5) is 18.4. The van der Waals surface area contributed by atoms with Crippen molar-refractivity contribution in [2.75, 3.05) is 27.3 Å². The molecule has 1 aromatic carbocycles. The highest BCUT2D eigenvalue weighted by Crippen LogP contribution is 2.27. The van der Waals surface area contributed by atoms with E-state index in [9.17, 15) is 4.79 Å². The Balaban J connectivity index is 1.51. The first kappa shape index (κ1) is 19.3. The maximum atomic E-state index is 12.4. The first-order valence-electron chi connectivity index (χ1n) is 8.61. The molecular weight excluding hydrogens is 414 g/mol. The number of methoxy groups -OCH3 is 2. The molecule has 1 fully saturated rings. The number of urea groups is 1. The van der Waals surface area contributed by atoms with Gasteiger partial charge in [-0.15, -0.1) is 0 Å². The predicted molar refractivity (Wildman–Crippen MR) is 104 cm³/mol. The third-order valence-electron chi connectivity index (χ3n) is 4.33. The molecule has 27 heavy (non-hydrogen) atoms. The molecular formula is C19H22BrN3O4. The zero-order valence-electron chi connectivity index (χ0n) is 15.3. The number of amides is 2. The van der Waals surface area contributed by atoms with Crippen molar-refractivity contribution < 1.29 is 19.0 Å². The van der Waals surface area contributed by atoms with Crippen molar-refractivity contribution >= 4 is 22.0 Å². The Bertz CT molecular complexity index is 802. The highest BCUT2D eigenvalue weighted by molar-refractivity contribution is 9.10. The zero-order valence-corrected chi connectivity index (χ0v) is 16.9.